The molecule has 0 fully saturated rings. The normalized spacial score (nSPS) is 11.9. The van der Waals surface area contributed by atoms with Gasteiger partial charge in [-0.15, -0.1) is 0 Å². The van der Waals surface area contributed by atoms with E-state index in [1.807, 2.05) is 10.8 Å². The largest absolute Gasteiger partial charge is 0.469 e. The predicted molar refractivity (Wildman–Crippen MR) is 78.1 cm³/mol. The molecule has 2 amide bonds. The summed E-state index contributed by atoms with van der Waals surface area (Å²) in [6.07, 6.45) is 0.675. The fourth-order valence-corrected chi connectivity index (χ4v) is 2.44. The maximum absolute atomic E-state index is 11.8. The average Bonchev–Trinajstić information content (AvgIpc) is 3.13. The topological polar surface area (TPSA) is 91.6 Å². The van der Waals surface area contributed by atoms with E-state index in [1.54, 1.807) is 19.1 Å². The highest BCUT2D eigenvalue weighted by atomic mass is 32.1. The van der Waals surface area contributed by atoms with Crippen LogP contribution in [0.4, 0.5) is 0 Å². The van der Waals surface area contributed by atoms with Crippen LogP contribution >= 0.6 is 11.3 Å². The van der Waals surface area contributed by atoms with Gasteiger partial charge in [-0.3, -0.25) is 9.59 Å². The molecular weight excluding hydrogens is 292 g/mol. The summed E-state index contributed by atoms with van der Waals surface area (Å²) in [4.78, 5) is 23.4. The maximum Gasteiger partial charge on any atom is 0.255 e. The van der Waals surface area contributed by atoms with E-state index >= 15 is 0 Å². The SMILES string of the molecule is Cc1occc1C(=O)NCC(=O)NCC(O)c1ccsc1. The Hall–Kier alpha value is -2.12. The van der Waals surface area contributed by atoms with Gasteiger partial charge in [0.2, 0.25) is 5.91 Å². The number of aryl methyl sites for hydroxylation is 1. The lowest BCUT2D eigenvalue weighted by Crippen LogP contribution is -2.38. The lowest BCUT2D eigenvalue weighted by Gasteiger charge is -2.11. The van der Waals surface area contributed by atoms with Crippen molar-refractivity contribution in [1.29, 1.82) is 0 Å². The van der Waals surface area contributed by atoms with Crippen molar-refractivity contribution < 1.29 is 19.1 Å². The van der Waals surface area contributed by atoms with Gasteiger partial charge in [0, 0.05) is 6.54 Å². The molecule has 2 rings (SSSR count). The first-order valence-electron chi connectivity index (χ1n) is 6.37. The molecule has 3 N–H and O–H groups in total. The fourth-order valence-electron chi connectivity index (χ4n) is 1.73. The van der Waals surface area contributed by atoms with Gasteiger partial charge in [0.15, 0.2) is 0 Å². The molecular formula is C14H16N2O4S. The van der Waals surface area contributed by atoms with E-state index in [9.17, 15) is 14.7 Å². The van der Waals surface area contributed by atoms with Gasteiger partial charge in [0.1, 0.15) is 5.76 Å². The van der Waals surface area contributed by atoms with Crippen LogP contribution in [-0.4, -0.2) is 30.0 Å². The van der Waals surface area contributed by atoms with Crippen LogP contribution < -0.4 is 10.6 Å². The van der Waals surface area contributed by atoms with Gasteiger partial charge < -0.3 is 20.2 Å². The Bertz CT molecular complexity index is 606. The average molecular weight is 308 g/mol. The van der Waals surface area contributed by atoms with Crippen LogP contribution in [0.2, 0.25) is 0 Å². The first-order valence-corrected chi connectivity index (χ1v) is 7.31. The number of carbonyl (C=O) groups is 2. The molecule has 0 aliphatic heterocycles. The highest BCUT2D eigenvalue weighted by molar-refractivity contribution is 7.07. The van der Waals surface area contributed by atoms with Gasteiger partial charge in [-0.1, -0.05) is 0 Å². The highest BCUT2D eigenvalue weighted by Gasteiger charge is 2.13. The van der Waals surface area contributed by atoms with Gasteiger partial charge in [-0.05, 0) is 35.4 Å². The van der Waals surface area contributed by atoms with Crippen molar-refractivity contribution in [2.75, 3.05) is 13.1 Å². The molecule has 0 saturated heterocycles. The van der Waals surface area contributed by atoms with Crippen molar-refractivity contribution in [3.63, 3.8) is 0 Å². The summed E-state index contributed by atoms with van der Waals surface area (Å²) in [5.41, 5.74) is 1.17. The maximum atomic E-state index is 11.8. The summed E-state index contributed by atoms with van der Waals surface area (Å²) < 4.78 is 5.02. The number of amides is 2. The molecule has 0 spiro atoms. The molecule has 0 bridgehead atoms. The molecule has 2 aromatic heterocycles. The predicted octanol–water partition coefficient (Wildman–Crippen LogP) is 1.23. The number of nitrogens with one attached hydrogen (secondary N) is 2. The fraction of sp³-hybridized carbons (Fsp3) is 0.286. The van der Waals surface area contributed by atoms with Crippen molar-refractivity contribution in [1.82, 2.24) is 10.6 Å². The Morgan fingerprint density at radius 1 is 1.38 bits per heavy atom. The molecule has 21 heavy (non-hydrogen) atoms. The van der Waals surface area contributed by atoms with Crippen LogP contribution in [0.15, 0.2) is 33.6 Å². The van der Waals surface area contributed by atoms with Gasteiger partial charge in [-0.25, -0.2) is 0 Å². The minimum Gasteiger partial charge on any atom is -0.469 e. The number of hydrogen-bond donors (Lipinski definition) is 3. The third-order valence-electron chi connectivity index (χ3n) is 2.93. The summed E-state index contributed by atoms with van der Waals surface area (Å²) in [5, 5.41) is 18.5. The van der Waals surface area contributed by atoms with Gasteiger partial charge in [-0.2, -0.15) is 11.3 Å². The van der Waals surface area contributed by atoms with Crippen molar-refractivity contribution in [2.24, 2.45) is 0 Å². The monoisotopic (exact) mass is 308 g/mol. The second-order valence-electron chi connectivity index (χ2n) is 4.45. The van der Waals surface area contributed by atoms with Crippen molar-refractivity contribution >= 4 is 23.2 Å². The Morgan fingerprint density at radius 3 is 2.81 bits per heavy atom. The third kappa shape index (κ3) is 4.17. The molecule has 6 nitrogen and oxygen atoms in total. The van der Waals surface area contributed by atoms with Crippen LogP contribution in [0.5, 0.6) is 0 Å². The van der Waals surface area contributed by atoms with Crippen LogP contribution in [0, 0.1) is 6.92 Å². The third-order valence-corrected chi connectivity index (χ3v) is 3.63. The Labute approximate surface area is 125 Å². The van der Waals surface area contributed by atoms with Gasteiger partial charge in [0.25, 0.3) is 5.91 Å². The Morgan fingerprint density at radius 2 is 2.19 bits per heavy atom. The summed E-state index contributed by atoms with van der Waals surface area (Å²) >= 11 is 1.48. The minimum absolute atomic E-state index is 0.107. The molecule has 1 atom stereocenters. The molecule has 2 aromatic rings. The molecule has 0 aromatic carbocycles. The molecule has 0 aliphatic rings. The Balaban J connectivity index is 1.73. The Kier molecular flexibility index (Phi) is 5.13. The number of hydrogen-bond acceptors (Lipinski definition) is 5. The summed E-state index contributed by atoms with van der Waals surface area (Å²) in [7, 11) is 0. The second-order valence-corrected chi connectivity index (χ2v) is 5.23. The zero-order valence-corrected chi connectivity index (χ0v) is 12.3. The van der Waals surface area contributed by atoms with E-state index in [4.69, 9.17) is 4.42 Å². The van der Waals surface area contributed by atoms with Crippen LogP contribution in [0.3, 0.4) is 0 Å². The highest BCUT2D eigenvalue weighted by Crippen LogP contribution is 2.14. The van der Waals surface area contributed by atoms with Crippen LogP contribution in [0.1, 0.15) is 27.8 Å². The number of aliphatic hydroxyl groups is 1. The second kappa shape index (κ2) is 7.05. The molecule has 0 radical (unpaired) electrons. The molecule has 112 valence electrons. The lowest BCUT2D eigenvalue weighted by molar-refractivity contribution is -0.120. The summed E-state index contributed by atoms with van der Waals surface area (Å²) in [5.74, 6) is -0.227. The quantitative estimate of drug-likeness (QED) is 0.748. The molecule has 1 unspecified atom stereocenters. The van der Waals surface area contributed by atoms with Crippen molar-refractivity contribution in [2.45, 2.75) is 13.0 Å². The first-order chi connectivity index (χ1) is 10.1. The molecule has 0 saturated carbocycles. The van der Waals surface area contributed by atoms with E-state index < -0.39 is 6.10 Å². The molecule has 7 heteroatoms. The van der Waals surface area contributed by atoms with Crippen molar-refractivity contribution in [3.8, 4) is 0 Å². The number of carbonyl (C=O) groups excluding carboxylic acids is 2. The minimum atomic E-state index is -0.744. The van der Waals surface area contributed by atoms with E-state index in [-0.39, 0.29) is 24.9 Å². The number of thiophene rings is 1. The molecule has 2 heterocycles. The van der Waals surface area contributed by atoms with E-state index in [0.29, 0.717) is 11.3 Å². The summed E-state index contributed by atoms with van der Waals surface area (Å²) in [6.45, 7) is 1.63. The smallest absolute Gasteiger partial charge is 0.255 e. The summed E-state index contributed by atoms with van der Waals surface area (Å²) in [6, 6.07) is 3.34. The number of aliphatic hydroxyl groups excluding tert-OH is 1. The number of furan rings is 1. The van der Waals surface area contributed by atoms with Gasteiger partial charge in [0.05, 0.1) is 24.5 Å². The van der Waals surface area contributed by atoms with Gasteiger partial charge >= 0.3 is 0 Å². The lowest BCUT2D eigenvalue weighted by atomic mass is 10.2. The standard InChI is InChI=1S/C14H16N2O4S/c1-9-11(2-4-20-9)14(19)16-7-13(18)15-6-12(17)10-3-5-21-8-10/h2-5,8,12,17H,6-7H2,1H3,(H,15,18)(H,16,19). The van der Waals surface area contributed by atoms with Crippen LogP contribution in [-0.2, 0) is 4.79 Å². The van der Waals surface area contributed by atoms with E-state index in [0.717, 1.165) is 5.56 Å². The van der Waals surface area contributed by atoms with Crippen molar-refractivity contribution in [3.05, 3.63) is 46.0 Å². The van der Waals surface area contributed by atoms with E-state index in [1.165, 1.54) is 17.6 Å². The first kappa shape index (κ1) is 15.3. The molecule has 0 aliphatic carbocycles. The zero-order valence-electron chi connectivity index (χ0n) is 11.5. The number of rotatable bonds is 6. The van der Waals surface area contributed by atoms with Crippen LogP contribution in [0.25, 0.3) is 0 Å². The zero-order chi connectivity index (χ0) is 15.2. The van der Waals surface area contributed by atoms with E-state index in [2.05, 4.69) is 10.6 Å².